The van der Waals surface area contributed by atoms with Crippen molar-refractivity contribution in [3.63, 3.8) is 0 Å². The number of thiazole rings is 1. The first-order valence-corrected chi connectivity index (χ1v) is 9.31. The van der Waals surface area contributed by atoms with Crippen LogP contribution in [0.3, 0.4) is 0 Å². The number of carboxylic acid groups (broad SMARTS) is 1. The van der Waals surface area contributed by atoms with Gasteiger partial charge in [-0.05, 0) is 24.0 Å². The van der Waals surface area contributed by atoms with Crippen LogP contribution in [-0.4, -0.2) is 20.5 Å². The maximum Gasteiger partial charge on any atom is 0.308 e. The van der Waals surface area contributed by atoms with E-state index in [-0.39, 0.29) is 6.42 Å². The molecular weight excluding hydrogens is 344 g/mol. The molecule has 4 nitrogen and oxygen atoms in total. The number of hydrogen-bond donors (Lipinski definition) is 1. The van der Waals surface area contributed by atoms with Gasteiger partial charge in [-0.15, -0.1) is 11.3 Å². The SMILES string of the molecule is O=C(O)Cc1cn2cc(-c3ccc(CCc4ccccc4)cc3)nc2s1. The Balaban J connectivity index is 1.47. The number of aryl methyl sites for hydroxylation is 2. The molecule has 0 radical (unpaired) electrons. The Bertz CT molecular complexity index is 1000. The molecule has 0 saturated carbocycles. The van der Waals surface area contributed by atoms with Crippen LogP contribution in [0.2, 0.25) is 0 Å². The van der Waals surface area contributed by atoms with Crippen LogP contribution in [0.4, 0.5) is 0 Å². The smallest absolute Gasteiger partial charge is 0.308 e. The Hall–Kier alpha value is -2.92. The van der Waals surface area contributed by atoms with E-state index in [0.29, 0.717) is 0 Å². The van der Waals surface area contributed by atoms with Crippen LogP contribution in [0.15, 0.2) is 67.0 Å². The van der Waals surface area contributed by atoms with Gasteiger partial charge in [-0.1, -0.05) is 54.6 Å². The summed E-state index contributed by atoms with van der Waals surface area (Å²) in [4.78, 5) is 17.1. The minimum Gasteiger partial charge on any atom is -0.481 e. The summed E-state index contributed by atoms with van der Waals surface area (Å²) in [5.74, 6) is -0.819. The number of hydrogen-bond acceptors (Lipinski definition) is 3. The van der Waals surface area contributed by atoms with Gasteiger partial charge < -0.3 is 5.11 Å². The standard InChI is InChI=1S/C21H18N2O2S/c24-20(25)12-18-13-23-14-19(22-21(23)26-18)17-10-8-16(9-11-17)7-6-15-4-2-1-3-5-15/h1-5,8-11,13-14H,6-7,12H2,(H,24,25). The molecule has 2 heterocycles. The number of carbonyl (C=O) groups is 1. The van der Waals surface area contributed by atoms with Gasteiger partial charge in [0.15, 0.2) is 4.96 Å². The average molecular weight is 362 g/mol. The molecule has 130 valence electrons. The molecule has 2 aromatic heterocycles. The lowest BCUT2D eigenvalue weighted by molar-refractivity contribution is -0.136. The fraction of sp³-hybridized carbons (Fsp3) is 0.143. The van der Waals surface area contributed by atoms with Crippen LogP contribution in [0, 0.1) is 0 Å². The maximum atomic E-state index is 10.8. The normalized spacial score (nSPS) is 11.1. The molecule has 4 rings (SSSR count). The topological polar surface area (TPSA) is 54.6 Å². The number of imidazole rings is 1. The summed E-state index contributed by atoms with van der Waals surface area (Å²) < 4.78 is 1.90. The number of carboxylic acids is 1. The lowest BCUT2D eigenvalue weighted by Gasteiger charge is -2.03. The molecular formula is C21H18N2O2S. The summed E-state index contributed by atoms with van der Waals surface area (Å²) in [6.45, 7) is 0. The van der Waals surface area contributed by atoms with Crippen molar-refractivity contribution in [3.8, 4) is 11.3 Å². The molecule has 0 unspecified atom stereocenters. The molecule has 0 aliphatic rings. The number of fused-ring (bicyclic) bond motifs is 1. The van der Waals surface area contributed by atoms with Crippen molar-refractivity contribution in [1.29, 1.82) is 0 Å². The molecule has 0 saturated heterocycles. The zero-order valence-electron chi connectivity index (χ0n) is 14.1. The van der Waals surface area contributed by atoms with E-state index < -0.39 is 5.97 Å². The van der Waals surface area contributed by atoms with E-state index >= 15 is 0 Å². The molecule has 0 aliphatic carbocycles. The second kappa shape index (κ2) is 7.14. The largest absolute Gasteiger partial charge is 0.481 e. The highest BCUT2D eigenvalue weighted by Gasteiger charge is 2.10. The second-order valence-electron chi connectivity index (χ2n) is 6.27. The molecule has 1 N–H and O–H groups in total. The fourth-order valence-corrected chi connectivity index (χ4v) is 3.94. The predicted molar refractivity (Wildman–Crippen MR) is 104 cm³/mol. The monoisotopic (exact) mass is 362 g/mol. The van der Waals surface area contributed by atoms with E-state index in [1.807, 2.05) is 22.9 Å². The Labute approximate surface area is 155 Å². The van der Waals surface area contributed by atoms with E-state index in [0.717, 1.165) is 33.9 Å². The minimum atomic E-state index is -0.819. The molecule has 0 fully saturated rings. The third kappa shape index (κ3) is 3.68. The summed E-state index contributed by atoms with van der Waals surface area (Å²) >= 11 is 1.42. The van der Waals surface area contributed by atoms with Crippen LogP contribution < -0.4 is 0 Å². The maximum absolute atomic E-state index is 10.8. The highest BCUT2D eigenvalue weighted by Crippen LogP contribution is 2.24. The van der Waals surface area contributed by atoms with E-state index in [1.54, 1.807) is 0 Å². The number of rotatable bonds is 6. The quantitative estimate of drug-likeness (QED) is 0.550. The molecule has 4 aromatic rings. The number of benzene rings is 2. The van der Waals surface area contributed by atoms with Gasteiger partial charge in [-0.2, -0.15) is 0 Å². The summed E-state index contributed by atoms with van der Waals surface area (Å²) in [5.41, 5.74) is 4.64. The van der Waals surface area contributed by atoms with Crippen molar-refractivity contribution < 1.29 is 9.90 Å². The third-order valence-corrected chi connectivity index (χ3v) is 5.32. The Morgan fingerprint density at radius 2 is 1.65 bits per heavy atom. The first kappa shape index (κ1) is 16.5. The fourth-order valence-electron chi connectivity index (χ4n) is 2.99. The van der Waals surface area contributed by atoms with E-state index in [4.69, 9.17) is 5.11 Å². The van der Waals surface area contributed by atoms with Crippen LogP contribution in [0.25, 0.3) is 16.2 Å². The first-order chi connectivity index (χ1) is 12.7. The third-order valence-electron chi connectivity index (χ3n) is 4.32. The van der Waals surface area contributed by atoms with Gasteiger partial charge in [-0.3, -0.25) is 9.20 Å². The summed E-state index contributed by atoms with van der Waals surface area (Å²) in [5, 5.41) is 8.88. The molecule has 0 aliphatic heterocycles. The van der Waals surface area contributed by atoms with Crippen LogP contribution in [0.1, 0.15) is 16.0 Å². The van der Waals surface area contributed by atoms with Crippen molar-refractivity contribution in [2.24, 2.45) is 0 Å². The van der Waals surface area contributed by atoms with Crippen molar-refractivity contribution in [1.82, 2.24) is 9.38 Å². The predicted octanol–water partition coefficient (Wildman–Crippen LogP) is 4.48. The summed E-state index contributed by atoms with van der Waals surface area (Å²) in [7, 11) is 0. The average Bonchev–Trinajstić information content (AvgIpc) is 3.19. The molecule has 0 bridgehead atoms. The van der Waals surface area contributed by atoms with Crippen LogP contribution >= 0.6 is 11.3 Å². The number of aliphatic carboxylic acids is 1. The van der Waals surface area contributed by atoms with E-state index in [9.17, 15) is 4.79 Å². The van der Waals surface area contributed by atoms with Gasteiger partial charge in [0.1, 0.15) is 0 Å². The van der Waals surface area contributed by atoms with Gasteiger partial charge in [0.2, 0.25) is 0 Å². The zero-order valence-corrected chi connectivity index (χ0v) is 14.9. The van der Waals surface area contributed by atoms with Crippen molar-refractivity contribution in [3.05, 3.63) is 83.0 Å². The number of aromatic nitrogens is 2. The molecule has 0 atom stereocenters. The van der Waals surface area contributed by atoms with Gasteiger partial charge in [0.05, 0.1) is 12.1 Å². The first-order valence-electron chi connectivity index (χ1n) is 8.50. The van der Waals surface area contributed by atoms with E-state index in [1.165, 1.54) is 22.5 Å². The van der Waals surface area contributed by atoms with Gasteiger partial charge in [0.25, 0.3) is 0 Å². The molecule has 5 heteroatoms. The number of nitrogens with zero attached hydrogens (tertiary/aromatic N) is 2. The van der Waals surface area contributed by atoms with Crippen molar-refractivity contribution in [2.45, 2.75) is 19.3 Å². The van der Waals surface area contributed by atoms with Crippen molar-refractivity contribution >= 4 is 22.3 Å². The molecule has 0 amide bonds. The van der Waals surface area contributed by atoms with Gasteiger partial charge in [-0.25, -0.2) is 4.98 Å². The van der Waals surface area contributed by atoms with Gasteiger partial charge in [0, 0.05) is 22.8 Å². The van der Waals surface area contributed by atoms with Crippen LogP contribution in [-0.2, 0) is 24.1 Å². The molecule has 0 spiro atoms. The summed E-state index contributed by atoms with van der Waals surface area (Å²) in [6, 6.07) is 19.0. The second-order valence-corrected chi connectivity index (χ2v) is 7.36. The highest BCUT2D eigenvalue weighted by atomic mass is 32.1. The van der Waals surface area contributed by atoms with Gasteiger partial charge >= 0.3 is 5.97 Å². The Morgan fingerprint density at radius 1 is 0.962 bits per heavy atom. The Kier molecular flexibility index (Phi) is 4.54. The lowest BCUT2D eigenvalue weighted by Crippen LogP contribution is -1.97. The Morgan fingerprint density at radius 3 is 2.31 bits per heavy atom. The minimum absolute atomic E-state index is 0.0411. The molecule has 26 heavy (non-hydrogen) atoms. The van der Waals surface area contributed by atoms with E-state index in [2.05, 4.69) is 53.5 Å². The van der Waals surface area contributed by atoms with Crippen LogP contribution in [0.5, 0.6) is 0 Å². The molecule has 2 aromatic carbocycles. The zero-order chi connectivity index (χ0) is 17.9. The summed E-state index contributed by atoms with van der Waals surface area (Å²) in [6.07, 6.45) is 5.89. The highest BCUT2D eigenvalue weighted by molar-refractivity contribution is 7.17. The lowest BCUT2D eigenvalue weighted by atomic mass is 10.0. The van der Waals surface area contributed by atoms with Crippen molar-refractivity contribution in [2.75, 3.05) is 0 Å².